The van der Waals surface area contributed by atoms with Gasteiger partial charge in [0.2, 0.25) is 0 Å². The van der Waals surface area contributed by atoms with Crippen molar-refractivity contribution in [1.82, 2.24) is 0 Å². The summed E-state index contributed by atoms with van der Waals surface area (Å²) in [7, 11) is 0. The van der Waals surface area contributed by atoms with Crippen LogP contribution in [0.15, 0.2) is 60.8 Å². The maximum atomic E-state index is 12.8. The average molecular weight is 966 g/mol. The smallest absolute Gasteiger partial charge is 0.306 e. The first-order valence-corrected chi connectivity index (χ1v) is 29.8. The van der Waals surface area contributed by atoms with Gasteiger partial charge < -0.3 is 14.2 Å². The van der Waals surface area contributed by atoms with Crippen molar-refractivity contribution in [3.8, 4) is 0 Å². The van der Waals surface area contributed by atoms with E-state index in [2.05, 4.69) is 81.5 Å². The first kappa shape index (κ1) is 66.1. The molecular formula is C63H112O6. The molecule has 400 valence electrons. The van der Waals surface area contributed by atoms with Gasteiger partial charge in [-0.2, -0.15) is 0 Å². The van der Waals surface area contributed by atoms with Crippen molar-refractivity contribution in [2.45, 2.75) is 309 Å². The molecule has 0 aliphatic carbocycles. The van der Waals surface area contributed by atoms with Crippen LogP contribution in [0.1, 0.15) is 303 Å². The molecule has 0 aromatic carbocycles. The van der Waals surface area contributed by atoms with E-state index in [4.69, 9.17) is 14.2 Å². The van der Waals surface area contributed by atoms with Gasteiger partial charge in [0.25, 0.3) is 0 Å². The summed E-state index contributed by atoms with van der Waals surface area (Å²) in [5, 5.41) is 0. The zero-order chi connectivity index (χ0) is 50.0. The van der Waals surface area contributed by atoms with E-state index in [0.717, 1.165) is 96.3 Å². The Balaban J connectivity index is 4.25. The van der Waals surface area contributed by atoms with Crippen molar-refractivity contribution in [2.75, 3.05) is 13.2 Å². The van der Waals surface area contributed by atoms with Crippen molar-refractivity contribution >= 4 is 17.9 Å². The van der Waals surface area contributed by atoms with Crippen LogP contribution in [-0.4, -0.2) is 37.2 Å². The molecule has 0 amide bonds. The minimum Gasteiger partial charge on any atom is -0.462 e. The van der Waals surface area contributed by atoms with Gasteiger partial charge in [0, 0.05) is 19.3 Å². The molecule has 1 atom stereocenters. The van der Waals surface area contributed by atoms with Gasteiger partial charge in [-0.05, 0) is 103 Å². The molecule has 0 fully saturated rings. The second-order valence-electron chi connectivity index (χ2n) is 19.9. The molecule has 0 heterocycles. The zero-order valence-electron chi connectivity index (χ0n) is 45.8. The number of hydrogen-bond acceptors (Lipinski definition) is 6. The lowest BCUT2D eigenvalue weighted by Gasteiger charge is -2.18. The largest absolute Gasteiger partial charge is 0.462 e. The number of rotatable bonds is 54. The molecule has 0 radical (unpaired) electrons. The second kappa shape index (κ2) is 57.7. The van der Waals surface area contributed by atoms with Crippen molar-refractivity contribution < 1.29 is 28.6 Å². The Morgan fingerprint density at radius 2 is 0.536 bits per heavy atom. The van der Waals surface area contributed by atoms with E-state index in [9.17, 15) is 14.4 Å². The summed E-state index contributed by atoms with van der Waals surface area (Å²) in [4.78, 5) is 38.1. The van der Waals surface area contributed by atoms with Crippen LogP contribution in [0.4, 0.5) is 0 Å². The fraction of sp³-hybridized carbons (Fsp3) is 0.794. The number of ether oxygens (including phenoxy) is 3. The molecule has 0 bridgehead atoms. The molecule has 6 heteroatoms. The topological polar surface area (TPSA) is 78.9 Å². The number of unbranched alkanes of at least 4 members (excludes halogenated alkanes) is 33. The fourth-order valence-electron chi connectivity index (χ4n) is 8.43. The Bertz CT molecular complexity index is 1250. The molecular weight excluding hydrogens is 853 g/mol. The molecule has 69 heavy (non-hydrogen) atoms. The van der Waals surface area contributed by atoms with Gasteiger partial charge in [-0.25, -0.2) is 0 Å². The predicted molar refractivity (Wildman–Crippen MR) is 298 cm³/mol. The molecule has 0 aliphatic rings. The third kappa shape index (κ3) is 55.9. The lowest BCUT2D eigenvalue weighted by atomic mass is 10.0. The van der Waals surface area contributed by atoms with Crippen LogP contribution >= 0.6 is 0 Å². The summed E-state index contributed by atoms with van der Waals surface area (Å²) < 4.78 is 16.8. The van der Waals surface area contributed by atoms with Crippen LogP contribution in [0.2, 0.25) is 0 Å². The van der Waals surface area contributed by atoms with Crippen LogP contribution in [-0.2, 0) is 28.6 Å². The molecule has 6 nitrogen and oxygen atoms in total. The first-order valence-electron chi connectivity index (χ1n) is 29.8. The monoisotopic (exact) mass is 965 g/mol. The van der Waals surface area contributed by atoms with E-state index >= 15 is 0 Å². The number of carbonyl (C=O) groups excluding carboxylic acids is 3. The van der Waals surface area contributed by atoms with E-state index < -0.39 is 6.10 Å². The summed E-state index contributed by atoms with van der Waals surface area (Å²) in [6.07, 6.45) is 72.2. The first-order chi connectivity index (χ1) is 34.0. The Kier molecular flexibility index (Phi) is 55.3. The zero-order valence-corrected chi connectivity index (χ0v) is 45.8. The van der Waals surface area contributed by atoms with Crippen LogP contribution in [0.3, 0.4) is 0 Å². The summed E-state index contributed by atoms with van der Waals surface area (Å²) >= 11 is 0. The van der Waals surface area contributed by atoms with Gasteiger partial charge in [0.1, 0.15) is 13.2 Å². The maximum Gasteiger partial charge on any atom is 0.306 e. The fourth-order valence-corrected chi connectivity index (χ4v) is 8.43. The molecule has 1 unspecified atom stereocenters. The molecule has 0 rings (SSSR count). The molecule has 0 saturated carbocycles. The number of esters is 3. The standard InChI is InChI=1S/C63H112O6/c1-4-7-10-13-16-19-22-25-27-28-29-30-31-32-33-34-35-36-37-39-41-44-47-50-53-56-62(65)68-59-60(58-67-61(64)55-52-49-46-43-40-24-21-18-15-12-9-6-3)69-63(66)57-54-51-48-45-42-38-26-23-20-17-14-11-8-5-2/h14,17-18,21-23,25-26,28-29,60H,4-13,15-16,19-20,24,27,30-59H2,1-3H3/b17-14-,21-18-,25-22-,26-23-,29-28-. The van der Waals surface area contributed by atoms with Crippen LogP contribution in [0, 0.1) is 0 Å². The highest BCUT2D eigenvalue weighted by Crippen LogP contribution is 2.16. The van der Waals surface area contributed by atoms with Gasteiger partial charge in [0.05, 0.1) is 0 Å². The molecule has 0 N–H and O–H groups in total. The number of allylic oxidation sites excluding steroid dienone is 10. The van der Waals surface area contributed by atoms with Crippen LogP contribution in [0.5, 0.6) is 0 Å². The Hall–Kier alpha value is -2.89. The second-order valence-corrected chi connectivity index (χ2v) is 19.9. The molecule has 0 aromatic rings. The van der Waals surface area contributed by atoms with Crippen LogP contribution in [0.25, 0.3) is 0 Å². The highest BCUT2D eigenvalue weighted by atomic mass is 16.6. The van der Waals surface area contributed by atoms with Gasteiger partial charge in [-0.15, -0.1) is 0 Å². The normalized spacial score (nSPS) is 12.4. The lowest BCUT2D eigenvalue weighted by Crippen LogP contribution is -2.30. The van der Waals surface area contributed by atoms with Crippen molar-refractivity contribution in [3.63, 3.8) is 0 Å². The number of carbonyl (C=O) groups is 3. The molecule has 0 spiro atoms. The minimum absolute atomic E-state index is 0.0816. The average Bonchev–Trinajstić information content (AvgIpc) is 3.35. The number of hydrogen-bond donors (Lipinski definition) is 0. The van der Waals surface area contributed by atoms with Gasteiger partial charge in [-0.3, -0.25) is 14.4 Å². The van der Waals surface area contributed by atoms with Crippen molar-refractivity contribution in [2.24, 2.45) is 0 Å². The van der Waals surface area contributed by atoms with Crippen molar-refractivity contribution in [1.29, 1.82) is 0 Å². The van der Waals surface area contributed by atoms with E-state index in [1.165, 1.54) is 167 Å². The van der Waals surface area contributed by atoms with Gasteiger partial charge in [-0.1, -0.05) is 242 Å². The maximum absolute atomic E-state index is 12.8. The van der Waals surface area contributed by atoms with E-state index in [0.29, 0.717) is 19.3 Å². The summed E-state index contributed by atoms with van der Waals surface area (Å²) in [6, 6.07) is 0. The lowest BCUT2D eigenvalue weighted by molar-refractivity contribution is -0.167. The highest BCUT2D eigenvalue weighted by molar-refractivity contribution is 5.71. The Morgan fingerprint density at radius 1 is 0.290 bits per heavy atom. The van der Waals surface area contributed by atoms with E-state index in [1.807, 2.05) is 0 Å². The molecule has 0 aromatic heterocycles. The minimum atomic E-state index is -0.784. The summed E-state index contributed by atoms with van der Waals surface area (Å²) in [6.45, 7) is 6.57. The van der Waals surface area contributed by atoms with E-state index in [1.54, 1.807) is 0 Å². The Morgan fingerprint density at radius 3 is 0.884 bits per heavy atom. The summed E-state index contributed by atoms with van der Waals surface area (Å²) in [5.74, 6) is -0.896. The third-order valence-corrected chi connectivity index (χ3v) is 13.0. The van der Waals surface area contributed by atoms with E-state index in [-0.39, 0.29) is 31.1 Å². The molecule has 0 aliphatic heterocycles. The quantitative estimate of drug-likeness (QED) is 0.0262. The van der Waals surface area contributed by atoms with Gasteiger partial charge in [0.15, 0.2) is 6.10 Å². The third-order valence-electron chi connectivity index (χ3n) is 13.0. The summed E-state index contributed by atoms with van der Waals surface area (Å²) in [5.41, 5.74) is 0. The highest BCUT2D eigenvalue weighted by Gasteiger charge is 2.19. The SMILES string of the molecule is CCCC/C=C\C/C=C\CCCCCCCC(=O)OC(COC(=O)CCCCCCC/C=C\CCCCC)COC(=O)CCCCCCCCCCCCCCC/C=C\C/C=C\CCCCCCC. The van der Waals surface area contributed by atoms with Gasteiger partial charge >= 0.3 is 17.9 Å². The van der Waals surface area contributed by atoms with Crippen LogP contribution < -0.4 is 0 Å². The Labute approximate surface area is 428 Å². The predicted octanol–water partition coefficient (Wildman–Crippen LogP) is 20.0. The van der Waals surface area contributed by atoms with Crippen molar-refractivity contribution in [3.05, 3.63) is 60.8 Å². The molecule has 0 saturated heterocycles.